The maximum Gasteiger partial charge on any atom is 0.324 e. The first-order valence-electron chi connectivity index (χ1n) is 6.18. The van der Waals surface area contributed by atoms with Crippen LogP contribution in [0, 0.1) is 6.92 Å². The number of aryl methyl sites for hydroxylation is 1. The highest BCUT2D eigenvalue weighted by Crippen LogP contribution is 2.25. The average molecular weight is 345 g/mol. The molecule has 0 fully saturated rings. The minimum Gasteiger partial charge on any atom is -0.238 e. The van der Waals surface area contributed by atoms with Gasteiger partial charge in [0.25, 0.3) is 10.0 Å². The molecule has 1 atom stereocenters. The third-order valence-electron chi connectivity index (χ3n) is 2.85. The van der Waals surface area contributed by atoms with Gasteiger partial charge in [-0.1, -0.05) is 39.7 Å². The van der Waals surface area contributed by atoms with Crippen LogP contribution in [0.1, 0.15) is 5.56 Å². The molecule has 0 heterocycles. The Morgan fingerprint density at radius 3 is 1.91 bits per heavy atom. The van der Waals surface area contributed by atoms with Gasteiger partial charge in [0.1, 0.15) is 0 Å². The molecule has 0 amide bonds. The van der Waals surface area contributed by atoms with Crippen LogP contribution < -0.4 is 0 Å². The third-order valence-corrected chi connectivity index (χ3v) is 6.82. The fraction of sp³-hybridized carbons (Fsp3) is 0.143. The van der Waals surface area contributed by atoms with Crippen LogP contribution in [-0.4, -0.2) is 18.4 Å². The summed E-state index contributed by atoms with van der Waals surface area (Å²) in [6, 6.07) is 12.2. The number of sulfonamides is 1. The van der Waals surface area contributed by atoms with E-state index in [4.69, 9.17) is 0 Å². The number of benzene rings is 2. The van der Waals surface area contributed by atoms with Crippen molar-refractivity contribution >= 4 is 19.8 Å². The van der Waals surface area contributed by atoms with Crippen molar-refractivity contribution in [3.05, 3.63) is 60.2 Å². The SMILES string of the molecule is Cc1ccc(S(=O)(=O)N=S(=O)(c2ccccc2)C(F)F)cc1. The lowest BCUT2D eigenvalue weighted by Gasteiger charge is -2.09. The van der Waals surface area contributed by atoms with Crippen molar-refractivity contribution in [3.63, 3.8) is 0 Å². The molecule has 0 aliphatic rings. The first-order valence-corrected chi connectivity index (χ1v) is 9.20. The molecule has 4 nitrogen and oxygen atoms in total. The van der Waals surface area contributed by atoms with Crippen LogP contribution in [0.3, 0.4) is 0 Å². The van der Waals surface area contributed by atoms with Gasteiger partial charge in [0, 0.05) is 0 Å². The zero-order valence-corrected chi connectivity index (χ0v) is 13.2. The fourth-order valence-electron chi connectivity index (χ4n) is 1.69. The molecular weight excluding hydrogens is 332 g/mol. The predicted molar refractivity (Wildman–Crippen MR) is 79.6 cm³/mol. The van der Waals surface area contributed by atoms with E-state index >= 15 is 0 Å². The average Bonchev–Trinajstić information content (AvgIpc) is 2.48. The molecule has 22 heavy (non-hydrogen) atoms. The minimum atomic E-state index is -4.46. The molecule has 0 saturated heterocycles. The van der Waals surface area contributed by atoms with Crippen molar-refractivity contribution in [2.75, 3.05) is 0 Å². The molecule has 0 spiro atoms. The number of alkyl halides is 2. The summed E-state index contributed by atoms with van der Waals surface area (Å²) < 4.78 is 66.3. The summed E-state index contributed by atoms with van der Waals surface area (Å²) in [5.41, 5.74) is 0.802. The molecule has 118 valence electrons. The van der Waals surface area contributed by atoms with Gasteiger partial charge in [-0.25, -0.2) is 4.21 Å². The monoisotopic (exact) mass is 345 g/mol. The Morgan fingerprint density at radius 2 is 1.41 bits per heavy atom. The molecule has 0 saturated carbocycles. The van der Waals surface area contributed by atoms with Gasteiger partial charge in [-0.3, -0.25) is 0 Å². The molecule has 0 N–H and O–H groups in total. The van der Waals surface area contributed by atoms with Crippen molar-refractivity contribution in [2.24, 2.45) is 3.77 Å². The Kier molecular flexibility index (Phi) is 4.62. The second kappa shape index (κ2) is 6.13. The smallest absolute Gasteiger partial charge is 0.238 e. The molecule has 1 unspecified atom stereocenters. The Balaban J connectivity index is 2.65. The lowest BCUT2D eigenvalue weighted by molar-refractivity contribution is 0.241. The zero-order chi connectivity index (χ0) is 16.4. The number of halogens is 2. The van der Waals surface area contributed by atoms with Crippen molar-refractivity contribution in [1.82, 2.24) is 0 Å². The molecule has 0 aromatic heterocycles. The Labute approximate surface area is 128 Å². The van der Waals surface area contributed by atoms with Gasteiger partial charge in [-0.05, 0) is 31.2 Å². The first-order chi connectivity index (χ1) is 10.3. The van der Waals surface area contributed by atoms with E-state index in [0.717, 1.165) is 5.56 Å². The molecule has 2 aromatic rings. The maximum absolute atomic E-state index is 13.2. The summed E-state index contributed by atoms with van der Waals surface area (Å²) in [7, 11) is -8.85. The van der Waals surface area contributed by atoms with E-state index in [1.54, 1.807) is 13.0 Å². The van der Waals surface area contributed by atoms with E-state index in [-0.39, 0.29) is 9.79 Å². The van der Waals surface area contributed by atoms with E-state index in [1.165, 1.54) is 48.5 Å². The van der Waals surface area contributed by atoms with Crippen LogP contribution in [0.2, 0.25) is 0 Å². The van der Waals surface area contributed by atoms with Crippen LogP contribution in [0.25, 0.3) is 0 Å². The number of rotatable bonds is 4. The van der Waals surface area contributed by atoms with Crippen LogP contribution in [-0.2, 0) is 19.8 Å². The third kappa shape index (κ3) is 3.33. The van der Waals surface area contributed by atoms with Gasteiger partial charge < -0.3 is 0 Å². The second-order valence-electron chi connectivity index (χ2n) is 4.51. The van der Waals surface area contributed by atoms with Gasteiger partial charge in [0.2, 0.25) is 0 Å². The molecule has 2 rings (SSSR count). The topological polar surface area (TPSA) is 63.6 Å². The van der Waals surface area contributed by atoms with E-state index in [1.807, 2.05) is 0 Å². The highest BCUT2D eigenvalue weighted by molar-refractivity contribution is 8.03. The van der Waals surface area contributed by atoms with Crippen LogP contribution in [0.15, 0.2) is 68.2 Å². The predicted octanol–water partition coefficient (Wildman–Crippen LogP) is 3.43. The van der Waals surface area contributed by atoms with Gasteiger partial charge in [-0.2, -0.15) is 17.2 Å². The van der Waals surface area contributed by atoms with E-state index < -0.39 is 25.5 Å². The summed E-state index contributed by atoms with van der Waals surface area (Å²) in [4.78, 5) is -0.594. The maximum atomic E-state index is 13.2. The van der Waals surface area contributed by atoms with Crippen LogP contribution >= 0.6 is 0 Å². The minimum absolute atomic E-state index is 0.276. The normalized spacial score (nSPS) is 14.5. The van der Waals surface area contributed by atoms with E-state index in [0.29, 0.717) is 0 Å². The summed E-state index contributed by atoms with van der Waals surface area (Å²) in [6.45, 7) is 1.75. The Morgan fingerprint density at radius 1 is 0.864 bits per heavy atom. The lowest BCUT2D eigenvalue weighted by Crippen LogP contribution is -2.14. The molecule has 8 heteroatoms. The summed E-state index contributed by atoms with van der Waals surface area (Å²) in [6.07, 6.45) is 0. The van der Waals surface area contributed by atoms with Gasteiger partial charge in [0.05, 0.1) is 9.79 Å². The second-order valence-corrected chi connectivity index (χ2v) is 8.49. The lowest BCUT2D eigenvalue weighted by atomic mass is 10.2. The van der Waals surface area contributed by atoms with E-state index in [9.17, 15) is 21.4 Å². The molecule has 0 aliphatic carbocycles. The van der Waals surface area contributed by atoms with Gasteiger partial charge in [0.15, 0.2) is 9.73 Å². The quantitative estimate of drug-likeness (QED) is 0.853. The zero-order valence-electron chi connectivity index (χ0n) is 11.5. The summed E-state index contributed by atoms with van der Waals surface area (Å²) in [5.74, 6) is -3.42. The van der Waals surface area contributed by atoms with Crippen molar-refractivity contribution < 1.29 is 21.4 Å². The molecule has 0 aliphatic heterocycles. The van der Waals surface area contributed by atoms with Crippen LogP contribution in [0.4, 0.5) is 8.78 Å². The van der Waals surface area contributed by atoms with Crippen molar-refractivity contribution in [1.29, 1.82) is 0 Å². The standard InChI is InChI=1S/C14H13F2NO3S2/c1-11-7-9-13(10-8-11)22(19,20)17-21(18,14(15)16)12-5-3-2-4-6-12/h2-10,14H,1H3. The molecule has 2 aromatic carbocycles. The Hall–Kier alpha value is -1.80. The number of hydrogen-bond acceptors (Lipinski definition) is 3. The first kappa shape index (κ1) is 16.6. The number of nitrogens with zero attached hydrogens (tertiary/aromatic N) is 1. The Bertz CT molecular complexity index is 870. The van der Waals surface area contributed by atoms with Crippen molar-refractivity contribution in [3.8, 4) is 0 Å². The molecule has 0 radical (unpaired) electrons. The summed E-state index contributed by atoms with van der Waals surface area (Å²) in [5, 5.41) is 0. The number of hydrogen-bond donors (Lipinski definition) is 0. The fourth-order valence-corrected chi connectivity index (χ4v) is 5.04. The van der Waals surface area contributed by atoms with Crippen molar-refractivity contribution in [2.45, 2.75) is 22.5 Å². The van der Waals surface area contributed by atoms with E-state index in [2.05, 4.69) is 3.77 Å². The highest BCUT2D eigenvalue weighted by Gasteiger charge is 2.28. The largest absolute Gasteiger partial charge is 0.324 e. The van der Waals surface area contributed by atoms with Crippen LogP contribution in [0.5, 0.6) is 0 Å². The highest BCUT2D eigenvalue weighted by atomic mass is 32.3. The molecule has 0 bridgehead atoms. The van der Waals surface area contributed by atoms with Gasteiger partial charge >= 0.3 is 5.76 Å². The van der Waals surface area contributed by atoms with Gasteiger partial charge in [-0.15, -0.1) is 0 Å². The molecular formula is C14H13F2NO3S2. The summed E-state index contributed by atoms with van der Waals surface area (Å²) >= 11 is 0.